The first-order valence-electron chi connectivity index (χ1n) is 5.99. The molecule has 1 aliphatic heterocycles. The molecule has 1 amide bonds. The smallest absolute Gasteiger partial charge is 0.255 e. The van der Waals surface area contributed by atoms with E-state index in [2.05, 4.69) is 15.5 Å². The van der Waals surface area contributed by atoms with Gasteiger partial charge in [0, 0.05) is 19.6 Å². The van der Waals surface area contributed by atoms with E-state index in [-0.39, 0.29) is 5.91 Å². The van der Waals surface area contributed by atoms with Crippen LogP contribution in [-0.4, -0.2) is 47.2 Å². The average Bonchev–Trinajstić information content (AvgIpc) is 2.60. The number of amides is 1. The molecular formula is C12H18N4O. The number of aryl methyl sites for hydroxylation is 2. The predicted octanol–water partition coefficient (Wildman–Crippen LogP) is 0.529. The molecule has 2 rings (SSSR count). The summed E-state index contributed by atoms with van der Waals surface area (Å²) >= 11 is 0. The largest absolute Gasteiger partial charge is 0.337 e. The van der Waals surface area contributed by atoms with Gasteiger partial charge in [0.25, 0.3) is 5.91 Å². The average molecular weight is 234 g/mol. The molecule has 0 aliphatic carbocycles. The van der Waals surface area contributed by atoms with Gasteiger partial charge in [0.05, 0.1) is 17.0 Å². The Hall–Kier alpha value is -1.49. The second kappa shape index (κ2) is 5.23. The fourth-order valence-electron chi connectivity index (χ4n) is 1.99. The molecule has 1 saturated heterocycles. The third kappa shape index (κ3) is 2.79. The lowest BCUT2D eigenvalue weighted by atomic mass is 10.1. The Bertz CT molecular complexity index is 411. The fraction of sp³-hybridized carbons (Fsp3) is 0.583. The Balaban J connectivity index is 2.20. The van der Waals surface area contributed by atoms with Crippen molar-refractivity contribution in [3.05, 3.63) is 23.0 Å². The van der Waals surface area contributed by atoms with Crippen molar-refractivity contribution in [1.82, 2.24) is 20.4 Å². The van der Waals surface area contributed by atoms with Gasteiger partial charge in [-0.2, -0.15) is 10.2 Å². The predicted molar refractivity (Wildman–Crippen MR) is 64.9 cm³/mol. The molecule has 0 atom stereocenters. The van der Waals surface area contributed by atoms with Crippen molar-refractivity contribution >= 4 is 5.91 Å². The molecule has 0 unspecified atom stereocenters. The zero-order chi connectivity index (χ0) is 12.3. The third-order valence-corrected chi connectivity index (χ3v) is 2.96. The zero-order valence-electron chi connectivity index (χ0n) is 10.4. The number of rotatable bonds is 1. The van der Waals surface area contributed by atoms with E-state index in [0.717, 1.165) is 38.3 Å². The molecule has 5 heteroatoms. The van der Waals surface area contributed by atoms with Crippen LogP contribution in [0.15, 0.2) is 6.07 Å². The van der Waals surface area contributed by atoms with Crippen molar-refractivity contribution in [3.63, 3.8) is 0 Å². The topological polar surface area (TPSA) is 58.1 Å². The van der Waals surface area contributed by atoms with Gasteiger partial charge in [-0.1, -0.05) is 0 Å². The van der Waals surface area contributed by atoms with E-state index in [0.29, 0.717) is 11.3 Å². The highest BCUT2D eigenvalue weighted by molar-refractivity contribution is 5.95. The number of carbonyl (C=O) groups is 1. The maximum absolute atomic E-state index is 12.4. The summed E-state index contributed by atoms with van der Waals surface area (Å²) in [7, 11) is 0. The van der Waals surface area contributed by atoms with Gasteiger partial charge in [0.15, 0.2) is 0 Å². The van der Waals surface area contributed by atoms with E-state index in [1.54, 1.807) is 0 Å². The van der Waals surface area contributed by atoms with E-state index in [1.165, 1.54) is 0 Å². The number of hydrogen-bond acceptors (Lipinski definition) is 4. The molecule has 2 heterocycles. The summed E-state index contributed by atoms with van der Waals surface area (Å²) in [6.45, 7) is 7.11. The summed E-state index contributed by atoms with van der Waals surface area (Å²) in [5.74, 6) is 0.0733. The molecule has 1 N–H and O–H groups in total. The quantitative estimate of drug-likeness (QED) is 0.770. The summed E-state index contributed by atoms with van der Waals surface area (Å²) in [5, 5.41) is 11.2. The Morgan fingerprint density at radius 1 is 1.29 bits per heavy atom. The highest BCUT2D eigenvalue weighted by Gasteiger charge is 2.19. The molecule has 0 bridgehead atoms. The van der Waals surface area contributed by atoms with Gasteiger partial charge >= 0.3 is 0 Å². The molecule has 0 aromatic carbocycles. The summed E-state index contributed by atoms with van der Waals surface area (Å²) in [6.07, 6.45) is 1.00. The first-order valence-corrected chi connectivity index (χ1v) is 5.99. The SMILES string of the molecule is Cc1cc(C(=O)N2CCCNCC2)c(C)nn1. The van der Waals surface area contributed by atoms with E-state index in [9.17, 15) is 4.79 Å². The Kier molecular flexibility index (Phi) is 3.68. The number of hydrogen-bond donors (Lipinski definition) is 1. The van der Waals surface area contributed by atoms with Crippen molar-refractivity contribution in [1.29, 1.82) is 0 Å². The Morgan fingerprint density at radius 3 is 2.94 bits per heavy atom. The highest BCUT2D eigenvalue weighted by atomic mass is 16.2. The molecule has 0 radical (unpaired) electrons. The van der Waals surface area contributed by atoms with E-state index < -0.39 is 0 Å². The molecular weight excluding hydrogens is 216 g/mol. The summed E-state index contributed by atoms with van der Waals surface area (Å²) in [4.78, 5) is 14.2. The van der Waals surface area contributed by atoms with Gasteiger partial charge in [0.2, 0.25) is 0 Å². The van der Waals surface area contributed by atoms with Crippen LogP contribution in [0.5, 0.6) is 0 Å². The van der Waals surface area contributed by atoms with Gasteiger partial charge in [0.1, 0.15) is 0 Å². The first kappa shape index (κ1) is 12.0. The van der Waals surface area contributed by atoms with Crippen LogP contribution >= 0.6 is 0 Å². The van der Waals surface area contributed by atoms with E-state index in [4.69, 9.17) is 0 Å². The highest BCUT2D eigenvalue weighted by Crippen LogP contribution is 2.10. The van der Waals surface area contributed by atoms with Crippen LogP contribution in [0, 0.1) is 13.8 Å². The van der Waals surface area contributed by atoms with Gasteiger partial charge in [-0.15, -0.1) is 0 Å². The van der Waals surface area contributed by atoms with Crippen LogP contribution < -0.4 is 5.32 Å². The number of nitrogens with one attached hydrogen (secondary N) is 1. The van der Waals surface area contributed by atoms with Crippen LogP contribution in [0.2, 0.25) is 0 Å². The van der Waals surface area contributed by atoms with Crippen LogP contribution in [0.25, 0.3) is 0 Å². The maximum atomic E-state index is 12.4. The Morgan fingerprint density at radius 2 is 2.12 bits per heavy atom. The van der Waals surface area contributed by atoms with Crippen molar-refractivity contribution in [3.8, 4) is 0 Å². The number of nitrogens with zero attached hydrogens (tertiary/aromatic N) is 3. The lowest BCUT2D eigenvalue weighted by Crippen LogP contribution is -2.34. The molecule has 1 aliphatic rings. The summed E-state index contributed by atoms with van der Waals surface area (Å²) in [6, 6.07) is 1.82. The van der Waals surface area contributed by atoms with Crippen molar-refractivity contribution < 1.29 is 4.79 Å². The van der Waals surface area contributed by atoms with Gasteiger partial charge in [-0.05, 0) is 32.9 Å². The molecule has 5 nitrogen and oxygen atoms in total. The van der Waals surface area contributed by atoms with E-state index >= 15 is 0 Å². The lowest BCUT2D eigenvalue weighted by molar-refractivity contribution is 0.0764. The minimum Gasteiger partial charge on any atom is -0.337 e. The van der Waals surface area contributed by atoms with Gasteiger partial charge in [-0.25, -0.2) is 0 Å². The van der Waals surface area contributed by atoms with Crippen LogP contribution in [0.4, 0.5) is 0 Å². The number of aromatic nitrogens is 2. The number of carbonyl (C=O) groups excluding carboxylic acids is 1. The van der Waals surface area contributed by atoms with Crippen LogP contribution in [0.1, 0.15) is 28.2 Å². The Labute approximate surface area is 101 Å². The second-order valence-electron chi connectivity index (χ2n) is 4.38. The second-order valence-corrected chi connectivity index (χ2v) is 4.38. The minimum absolute atomic E-state index is 0.0733. The van der Waals surface area contributed by atoms with Crippen LogP contribution in [0.3, 0.4) is 0 Å². The zero-order valence-corrected chi connectivity index (χ0v) is 10.4. The monoisotopic (exact) mass is 234 g/mol. The van der Waals surface area contributed by atoms with Gasteiger partial charge < -0.3 is 10.2 Å². The van der Waals surface area contributed by atoms with E-state index in [1.807, 2.05) is 24.8 Å². The third-order valence-electron chi connectivity index (χ3n) is 2.96. The summed E-state index contributed by atoms with van der Waals surface area (Å²) in [5.41, 5.74) is 2.17. The van der Waals surface area contributed by atoms with Crippen LogP contribution in [-0.2, 0) is 0 Å². The molecule has 1 aromatic heterocycles. The standard InChI is InChI=1S/C12H18N4O/c1-9-8-11(10(2)15-14-9)12(17)16-6-3-4-13-5-7-16/h8,13H,3-7H2,1-2H3. The molecule has 1 aromatic rings. The summed E-state index contributed by atoms with van der Waals surface area (Å²) < 4.78 is 0. The molecule has 17 heavy (non-hydrogen) atoms. The fourth-order valence-corrected chi connectivity index (χ4v) is 1.99. The molecule has 1 fully saturated rings. The molecule has 92 valence electrons. The van der Waals surface area contributed by atoms with Gasteiger partial charge in [-0.3, -0.25) is 4.79 Å². The van der Waals surface area contributed by atoms with Crippen molar-refractivity contribution in [2.45, 2.75) is 20.3 Å². The molecule has 0 spiro atoms. The maximum Gasteiger partial charge on any atom is 0.255 e. The normalized spacial score (nSPS) is 16.7. The minimum atomic E-state index is 0.0733. The van der Waals surface area contributed by atoms with Crippen molar-refractivity contribution in [2.75, 3.05) is 26.2 Å². The first-order chi connectivity index (χ1) is 8.18. The lowest BCUT2D eigenvalue weighted by Gasteiger charge is -2.20. The van der Waals surface area contributed by atoms with Crippen molar-refractivity contribution in [2.24, 2.45) is 0 Å². The molecule has 0 saturated carbocycles.